The molecule has 3 rings (SSSR count). The Hall–Kier alpha value is -3.16. The number of sulfonamides is 1. The number of nitrogens with one attached hydrogen (secondary N) is 1. The first-order valence-corrected chi connectivity index (χ1v) is 10.1. The molecule has 0 heterocycles. The van der Waals surface area contributed by atoms with Crippen LogP contribution in [0.5, 0.6) is 5.75 Å². The Balaban J connectivity index is 1.60. The predicted octanol–water partition coefficient (Wildman–Crippen LogP) is 3.33. The van der Waals surface area contributed by atoms with Gasteiger partial charge in [0.15, 0.2) is 6.61 Å². The van der Waals surface area contributed by atoms with Crippen LogP contribution in [0.2, 0.25) is 0 Å². The molecule has 0 fully saturated rings. The maximum atomic E-state index is 12.1. The maximum Gasteiger partial charge on any atom is 0.262 e. The summed E-state index contributed by atoms with van der Waals surface area (Å²) < 4.78 is 28.6. The van der Waals surface area contributed by atoms with Gasteiger partial charge in [-0.15, -0.1) is 0 Å². The molecule has 0 atom stereocenters. The molecule has 0 aliphatic rings. The Morgan fingerprint density at radius 2 is 1.61 bits per heavy atom. The van der Waals surface area contributed by atoms with Gasteiger partial charge in [-0.05, 0) is 47.9 Å². The lowest BCUT2D eigenvalue weighted by Gasteiger charge is -2.10. The van der Waals surface area contributed by atoms with Gasteiger partial charge in [0.1, 0.15) is 5.75 Å². The van der Waals surface area contributed by atoms with Crippen LogP contribution in [0.3, 0.4) is 0 Å². The molecule has 3 aromatic carbocycles. The van der Waals surface area contributed by atoms with Crippen LogP contribution in [0.25, 0.3) is 11.1 Å². The molecule has 0 radical (unpaired) electrons. The van der Waals surface area contributed by atoms with Crippen molar-refractivity contribution in [3.05, 3.63) is 78.4 Å². The highest BCUT2D eigenvalue weighted by Gasteiger charge is 2.13. The highest BCUT2D eigenvalue weighted by molar-refractivity contribution is 7.89. The summed E-state index contributed by atoms with van der Waals surface area (Å²) in [6, 6.07) is 21.9. The van der Waals surface area contributed by atoms with Crippen molar-refractivity contribution in [2.45, 2.75) is 11.8 Å². The average Bonchev–Trinajstić information content (AvgIpc) is 2.68. The fourth-order valence-electron chi connectivity index (χ4n) is 2.70. The summed E-state index contributed by atoms with van der Waals surface area (Å²) in [5, 5.41) is 7.79. The average molecular weight is 396 g/mol. The minimum absolute atomic E-state index is 0.0253. The van der Waals surface area contributed by atoms with Gasteiger partial charge in [-0.2, -0.15) is 0 Å². The third-order valence-electron chi connectivity index (χ3n) is 4.11. The van der Waals surface area contributed by atoms with Gasteiger partial charge in [0, 0.05) is 5.69 Å². The number of hydrogen-bond acceptors (Lipinski definition) is 4. The lowest BCUT2D eigenvalue weighted by atomic mass is 10.1. The first kappa shape index (κ1) is 19.6. The Morgan fingerprint density at radius 3 is 2.25 bits per heavy atom. The summed E-state index contributed by atoms with van der Waals surface area (Å²) in [6.07, 6.45) is 0. The van der Waals surface area contributed by atoms with Crippen LogP contribution in [0, 0.1) is 6.92 Å². The summed E-state index contributed by atoms with van der Waals surface area (Å²) in [5.74, 6) is 0.153. The summed E-state index contributed by atoms with van der Waals surface area (Å²) in [5.41, 5.74) is 2.99. The third-order valence-corrected chi connectivity index (χ3v) is 5.16. The van der Waals surface area contributed by atoms with Crippen LogP contribution in [0.15, 0.2) is 77.7 Å². The molecule has 0 saturated carbocycles. The van der Waals surface area contributed by atoms with Crippen LogP contribution in [-0.2, 0) is 14.8 Å². The molecule has 7 heteroatoms. The lowest BCUT2D eigenvalue weighted by molar-refractivity contribution is -0.118. The normalized spacial score (nSPS) is 11.1. The number of primary sulfonamides is 1. The second-order valence-electron chi connectivity index (χ2n) is 6.25. The number of anilines is 1. The molecule has 1 amide bonds. The largest absolute Gasteiger partial charge is 0.484 e. The summed E-state index contributed by atoms with van der Waals surface area (Å²) >= 11 is 0. The molecule has 3 N–H and O–H groups in total. The molecule has 6 nitrogen and oxygen atoms in total. The van der Waals surface area contributed by atoms with E-state index in [-0.39, 0.29) is 11.5 Å². The van der Waals surface area contributed by atoms with Gasteiger partial charge < -0.3 is 10.1 Å². The molecule has 0 aromatic heterocycles. The van der Waals surface area contributed by atoms with Crippen molar-refractivity contribution in [2.75, 3.05) is 11.9 Å². The molecule has 0 aliphatic carbocycles. The Kier molecular flexibility index (Phi) is 5.77. The van der Waals surface area contributed by atoms with Crippen LogP contribution in [0.1, 0.15) is 5.56 Å². The van der Waals surface area contributed by atoms with Crippen molar-refractivity contribution in [3.63, 3.8) is 0 Å². The molecule has 0 bridgehead atoms. The quantitative estimate of drug-likeness (QED) is 0.668. The molecule has 3 aromatic rings. The third kappa shape index (κ3) is 4.97. The van der Waals surface area contributed by atoms with Crippen molar-refractivity contribution >= 4 is 21.6 Å². The van der Waals surface area contributed by atoms with E-state index in [9.17, 15) is 13.2 Å². The summed E-state index contributed by atoms with van der Waals surface area (Å²) in [6.45, 7) is 1.43. The summed E-state index contributed by atoms with van der Waals surface area (Å²) in [7, 11) is -3.86. The zero-order valence-electron chi connectivity index (χ0n) is 15.3. The number of amides is 1. The standard InChI is InChI=1S/C21H20N2O4S/c1-15-7-10-18(13-20(15)28(22,25)26)23-21(24)14-27-19-11-8-17(9-12-19)16-5-3-2-4-6-16/h2-13H,14H2,1H3,(H,23,24)(H2,22,25,26). The fraction of sp³-hybridized carbons (Fsp3) is 0.0952. The second kappa shape index (κ2) is 8.24. The number of rotatable bonds is 6. The van der Waals surface area contributed by atoms with Crippen LogP contribution < -0.4 is 15.2 Å². The van der Waals surface area contributed by atoms with E-state index in [2.05, 4.69) is 5.32 Å². The van der Waals surface area contributed by atoms with E-state index >= 15 is 0 Å². The number of carbonyl (C=O) groups excluding carboxylic acids is 1. The minimum atomic E-state index is -3.86. The molecule has 144 valence electrons. The summed E-state index contributed by atoms with van der Waals surface area (Å²) in [4.78, 5) is 12.1. The van der Waals surface area contributed by atoms with Crippen molar-refractivity contribution in [2.24, 2.45) is 5.14 Å². The zero-order chi connectivity index (χ0) is 20.1. The number of nitrogens with two attached hydrogens (primary N) is 1. The Labute approximate surface area is 164 Å². The highest BCUT2D eigenvalue weighted by atomic mass is 32.2. The smallest absolute Gasteiger partial charge is 0.262 e. The van der Waals surface area contributed by atoms with Gasteiger partial charge >= 0.3 is 0 Å². The van der Waals surface area contributed by atoms with E-state index < -0.39 is 15.9 Å². The van der Waals surface area contributed by atoms with E-state index in [1.165, 1.54) is 6.07 Å². The van der Waals surface area contributed by atoms with Gasteiger partial charge in [0.25, 0.3) is 5.91 Å². The molecule has 0 spiro atoms. The fourth-order valence-corrected chi connectivity index (χ4v) is 3.51. The number of carbonyl (C=O) groups is 1. The number of hydrogen-bond donors (Lipinski definition) is 2. The maximum absolute atomic E-state index is 12.1. The van der Waals surface area contributed by atoms with Crippen molar-refractivity contribution in [3.8, 4) is 16.9 Å². The number of benzene rings is 3. The molecular formula is C21H20N2O4S. The van der Waals surface area contributed by atoms with Crippen LogP contribution in [0.4, 0.5) is 5.69 Å². The number of aryl methyl sites for hydroxylation is 1. The Bertz CT molecular complexity index is 1080. The lowest BCUT2D eigenvalue weighted by Crippen LogP contribution is -2.21. The van der Waals surface area contributed by atoms with E-state index in [4.69, 9.17) is 9.88 Å². The first-order chi connectivity index (χ1) is 13.3. The van der Waals surface area contributed by atoms with Gasteiger partial charge in [-0.1, -0.05) is 48.5 Å². The second-order valence-corrected chi connectivity index (χ2v) is 7.78. The molecule has 0 aliphatic heterocycles. The van der Waals surface area contributed by atoms with Gasteiger partial charge in [-0.25, -0.2) is 13.6 Å². The Morgan fingerprint density at radius 1 is 0.964 bits per heavy atom. The molecule has 28 heavy (non-hydrogen) atoms. The van der Waals surface area contributed by atoms with Gasteiger partial charge in [0.05, 0.1) is 4.90 Å². The van der Waals surface area contributed by atoms with Crippen LogP contribution >= 0.6 is 0 Å². The zero-order valence-corrected chi connectivity index (χ0v) is 16.1. The van der Waals surface area contributed by atoms with Crippen LogP contribution in [-0.4, -0.2) is 20.9 Å². The van der Waals surface area contributed by atoms with E-state index in [0.29, 0.717) is 17.0 Å². The predicted molar refractivity (Wildman–Crippen MR) is 109 cm³/mol. The van der Waals surface area contributed by atoms with E-state index in [1.807, 2.05) is 42.5 Å². The first-order valence-electron chi connectivity index (χ1n) is 8.54. The van der Waals surface area contributed by atoms with E-state index in [1.54, 1.807) is 31.2 Å². The van der Waals surface area contributed by atoms with Gasteiger partial charge in [-0.3, -0.25) is 4.79 Å². The molecule has 0 saturated heterocycles. The highest BCUT2D eigenvalue weighted by Crippen LogP contribution is 2.22. The van der Waals surface area contributed by atoms with Crippen molar-refractivity contribution in [1.29, 1.82) is 0 Å². The SMILES string of the molecule is Cc1ccc(NC(=O)COc2ccc(-c3ccccc3)cc2)cc1S(N)(=O)=O. The van der Waals surface area contributed by atoms with Gasteiger partial charge in [0.2, 0.25) is 10.0 Å². The minimum Gasteiger partial charge on any atom is -0.484 e. The molecular weight excluding hydrogens is 376 g/mol. The van der Waals surface area contributed by atoms with Crippen molar-refractivity contribution < 1.29 is 17.9 Å². The van der Waals surface area contributed by atoms with E-state index in [0.717, 1.165) is 11.1 Å². The monoisotopic (exact) mass is 396 g/mol. The number of ether oxygens (including phenoxy) is 1. The van der Waals surface area contributed by atoms with Crippen molar-refractivity contribution in [1.82, 2.24) is 0 Å². The topological polar surface area (TPSA) is 98.5 Å². The molecule has 0 unspecified atom stereocenters.